The number of nitrogen functional groups attached to an aromatic ring is 1. The zero-order chi connectivity index (χ0) is 26.4. The number of nitrogens with two attached hydrogens (primary N) is 1. The molecule has 6 N–H and O–H groups in total. The Morgan fingerprint density at radius 1 is 1.16 bits per heavy atom. The third-order valence-corrected chi connectivity index (χ3v) is 6.05. The highest BCUT2D eigenvalue weighted by Gasteiger charge is 2.11. The Labute approximate surface area is 214 Å². The van der Waals surface area contributed by atoms with E-state index >= 15 is 0 Å². The first kappa shape index (κ1) is 25.4. The average molecular weight is 500 g/mol. The van der Waals surface area contributed by atoms with E-state index in [1.54, 1.807) is 30.6 Å². The number of amidine groups is 1. The van der Waals surface area contributed by atoms with Gasteiger partial charge in [0, 0.05) is 66.5 Å². The van der Waals surface area contributed by atoms with E-state index in [1.807, 2.05) is 42.3 Å². The molecule has 2 heterocycles. The number of rotatable bonds is 11. The minimum atomic E-state index is -0.825. The number of H-pyrrole nitrogens is 1. The molecule has 0 aliphatic heterocycles. The fourth-order valence-corrected chi connectivity index (χ4v) is 4.02. The number of aliphatic carboxylic acids is 1. The first-order valence-electron chi connectivity index (χ1n) is 11.9. The van der Waals surface area contributed by atoms with Crippen LogP contribution in [-0.2, 0) is 11.2 Å². The molecule has 4 aromatic rings. The van der Waals surface area contributed by atoms with Crippen molar-refractivity contribution in [2.24, 2.45) is 5.73 Å². The van der Waals surface area contributed by atoms with Gasteiger partial charge in [-0.05, 0) is 48.7 Å². The van der Waals surface area contributed by atoms with Crippen molar-refractivity contribution in [3.63, 3.8) is 0 Å². The Kier molecular flexibility index (Phi) is 7.77. The van der Waals surface area contributed by atoms with Crippen LogP contribution < -0.4 is 16.0 Å². The Bertz CT molecular complexity index is 1430. The van der Waals surface area contributed by atoms with Crippen LogP contribution in [0.25, 0.3) is 22.2 Å². The van der Waals surface area contributed by atoms with Gasteiger partial charge in [0.25, 0.3) is 5.91 Å². The van der Waals surface area contributed by atoms with E-state index in [4.69, 9.17) is 16.2 Å². The van der Waals surface area contributed by atoms with Crippen molar-refractivity contribution in [3.05, 3.63) is 77.6 Å². The Morgan fingerprint density at radius 3 is 2.68 bits per heavy atom. The SMILES string of the molecule is CN(CCCC(=O)O)c1nccc(-c2ccc(C(=O)NCCc3ccc4[nH]cc(C(=N)N)c4c3)cc2)n1. The summed E-state index contributed by atoms with van der Waals surface area (Å²) in [6, 6.07) is 14.9. The van der Waals surface area contributed by atoms with Crippen molar-refractivity contribution < 1.29 is 14.7 Å². The normalized spacial score (nSPS) is 10.8. The van der Waals surface area contributed by atoms with Crippen LogP contribution in [0.5, 0.6) is 0 Å². The number of nitrogens with zero attached hydrogens (tertiary/aromatic N) is 3. The molecule has 10 nitrogen and oxygen atoms in total. The first-order chi connectivity index (χ1) is 17.8. The molecule has 4 rings (SSSR count). The second kappa shape index (κ2) is 11.3. The van der Waals surface area contributed by atoms with Crippen LogP contribution in [0.4, 0.5) is 5.95 Å². The van der Waals surface area contributed by atoms with Crippen molar-refractivity contribution in [1.82, 2.24) is 20.3 Å². The topological polar surface area (TPSA) is 161 Å². The van der Waals surface area contributed by atoms with Gasteiger partial charge in [-0.25, -0.2) is 9.97 Å². The highest BCUT2D eigenvalue weighted by Crippen LogP contribution is 2.21. The molecule has 0 bridgehead atoms. The monoisotopic (exact) mass is 499 g/mol. The van der Waals surface area contributed by atoms with Crippen LogP contribution in [-0.4, -0.2) is 57.9 Å². The molecular weight excluding hydrogens is 470 g/mol. The first-order valence-corrected chi connectivity index (χ1v) is 11.9. The number of benzene rings is 2. The van der Waals surface area contributed by atoms with E-state index in [-0.39, 0.29) is 18.2 Å². The van der Waals surface area contributed by atoms with Crippen molar-refractivity contribution in [2.75, 3.05) is 25.0 Å². The fourth-order valence-electron chi connectivity index (χ4n) is 4.02. The van der Waals surface area contributed by atoms with Crippen LogP contribution in [0, 0.1) is 5.41 Å². The van der Waals surface area contributed by atoms with Gasteiger partial charge in [-0.3, -0.25) is 15.0 Å². The number of fused-ring (bicyclic) bond motifs is 1. The number of anilines is 1. The zero-order valence-electron chi connectivity index (χ0n) is 20.5. The molecule has 0 saturated carbocycles. The zero-order valence-corrected chi connectivity index (χ0v) is 20.5. The molecule has 0 atom stereocenters. The molecule has 10 heteroatoms. The van der Waals surface area contributed by atoms with E-state index in [2.05, 4.69) is 20.3 Å². The highest BCUT2D eigenvalue weighted by molar-refractivity contribution is 6.07. The summed E-state index contributed by atoms with van der Waals surface area (Å²) in [5.41, 5.74) is 10.4. The molecule has 0 aliphatic rings. The molecule has 190 valence electrons. The number of hydrogen-bond donors (Lipinski definition) is 5. The fraction of sp³-hybridized carbons (Fsp3) is 0.222. The third-order valence-electron chi connectivity index (χ3n) is 6.05. The molecular formula is C27H29N7O3. The van der Waals surface area contributed by atoms with E-state index in [9.17, 15) is 9.59 Å². The molecule has 2 aromatic carbocycles. The molecule has 1 amide bonds. The summed E-state index contributed by atoms with van der Waals surface area (Å²) in [4.78, 5) is 37.2. The second-order valence-corrected chi connectivity index (χ2v) is 8.74. The molecule has 0 fully saturated rings. The number of aromatic nitrogens is 3. The van der Waals surface area contributed by atoms with Gasteiger partial charge in [0.15, 0.2) is 0 Å². The van der Waals surface area contributed by atoms with Crippen LogP contribution in [0.1, 0.15) is 34.3 Å². The minimum Gasteiger partial charge on any atom is -0.481 e. The number of aromatic amines is 1. The predicted octanol–water partition coefficient (Wildman–Crippen LogP) is 3.18. The predicted molar refractivity (Wildman–Crippen MR) is 143 cm³/mol. The Balaban J connectivity index is 1.34. The van der Waals surface area contributed by atoms with Gasteiger partial charge in [0.2, 0.25) is 5.95 Å². The quantitative estimate of drug-likeness (QED) is 0.156. The molecule has 0 unspecified atom stereocenters. The third kappa shape index (κ3) is 6.29. The summed E-state index contributed by atoms with van der Waals surface area (Å²) >= 11 is 0. The smallest absolute Gasteiger partial charge is 0.303 e. The number of carbonyl (C=O) groups is 2. The highest BCUT2D eigenvalue weighted by atomic mass is 16.4. The number of nitrogens with one attached hydrogen (secondary N) is 3. The lowest BCUT2D eigenvalue weighted by atomic mass is 10.1. The number of carbonyl (C=O) groups excluding carboxylic acids is 1. The Hall–Kier alpha value is -4.73. The van der Waals surface area contributed by atoms with Gasteiger partial charge in [-0.2, -0.15) is 0 Å². The van der Waals surface area contributed by atoms with Gasteiger partial charge in [0.1, 0.15) is 5.84 Å². The summed E-state index contributed by atoms with van der Waals surface area (Å²) in [6.45, 7) is 1.00. The number of hydrogen-bond acceptors (Lipinski definition) is 6. The number of carboxylic acid groups (broad SMARTS) is 1. The molecule has 0 spiro atoms. The van der Waals surface area contributed by atoms with Crippen molar-refractivity contribution in [3.8, 4) is 11.3 Å². The van der Waals surface area contributed by atoms with E-state index < -0.39 is 5.97 Å². The summed E-state index contributed by atoms with van der Waals surface area (Å²) < 4.78 is 0. The van der Waals surface area contributed by atoms with Crippen molar-refractivity contribution >= 4 is 34.6 Å². The van der Waals surface area contributed by atoms with E-state index in [0.717, 1.165) is 22.0 Å². The van der Waals surface area contributed by atoms with Crippen molar-refractivity contribution in [2.45, 2.75) is 19.3 Å². The van der Waals surface area contributed by atoms with Gasteiger partial charge in [-0.1, -0.05) is 18.2 Å². The Morgan fingerprint density at radius 2 is 1.95 bits per heavy atom. The molecule has 0 saturated heterocycles. The minimum absolute atomic E-state index is 0.0149. The molecule has 2 aromatic heterocycles. The molecule has 0 radical (unpaired) electrons. The van der Waals surface area contributed by atoms with Crippen LogP contribution in [0.15, 0.2) is 60.9 Å². The average Bonchev–Trinajstić information content (AvgIpc) is 3.32. The van der Waals surface area contributed by atoms with E-state index in [1.165, 1.54) is 0 Å². The maximum Gasteiger partial charge on any atom is 0.303 e. The van der Waals surface area contributed by atoms with Gasteiger partial charge < -0.3 is 26.0 Å². The number of carboxylic acids is 1. The van der Waals surface area contributed by atoms with Gasteiger partial charge >= 0.3 is 5.97 Å². The number of amides is 1. The largest absolute Gasteiger partial charge is 0.481 e. The van der Waals surface area contributed by atoms with Crippen LogP contribution >= 0.6 is 0 Å². The summed E-state index contributed by atoms with van der Waals surface area (Å²) in [5, 5.41) is 20.4. The van der Waals surface area contributed by atoms with Crippen LogP contribution in [0.2, 0.25) is 0 Å². The summed E-state index contributed by atoms with van der Waals surface area (Å²) in [7, 11) is 1.83. The molecule has 0 aliphatic carbocycles. The van der Waals surface area contributed by atoms with Crippen LogP contribution in [0.3, 0.4) is 0 Å². The standard InChI is InChI=1S/C27H29N7O3/c1-34(14-2-3-24(35)36)27-31-13-11-22(33-27)18-5-7-19(8-6-18)26(37)30-12-10-17-4-9-23-20(15-17)21(16-32-23)25(28)29/h4-9,11,13,15-16,32H,2-3,10,12,14H2,1H3,(H3,28,29)(H,30,37)(H,35,36). The van der Waals surface area contributed by atoms with E-state index in [0.29, 0.717) is 48.7 Å². The summed E-state index contributed by atoms with van der Waals surface area (Å²) in [5.74, 6) is -0.465. The summed E-state index contributed by atoms with van der Waals surface area (Å²) in [6.07, 6.45) is 4.63. The lowest BCUT2D eigenvalue weighted by Gasteiger charge is -2.17. The van der Waals surface area contributed by atoms with Gasteiger partial charge in [-0.15, -0.1) is 0 Å². The molecule has 37 heavy (non-hydrogen) atoms. The lowest BCUT2D eigenvalue weighted by molar-refractivity contribution is -0.137. The maximum atomic E-state index is 12.7. The van der Waals surface area contributed by atoms with Crippen molar-refractivity contribution in [1.29, 1.82) is 5.41 Å². The maximum absolute atomic E-state index is 12.7. The lowest BCUT2D eigenvalue weighted by Crippen LogP contribution is -2.25. The second-order valence-electron chi connectivity index (χ2n) is 8.74. The van der Waals surface area contributed by atoms with Gasteiger partial charge in [0.05, 0.1) is 5.69 Å².